The maximum atomic E-state index is 13.1. The number of nitrogens with one attached hydrogen (secondary N) is 2. The van der Waals surface area contributed by atoms with Crippen molar-refractivity contribution >= 4 is 66.0 Å². The first-order chi connectivity index (χ1) is 17.7. The van der Waals surface area contributed by atoms with Gasteiger partial charge in [0.1, 0.15) is 9.96 Å². The number of thiophene rings is 1. The Morgan fingerprint density at radius 2 is 1.42 bits per heavy atom. The van der Waals surface area contributed by atoms with Gasteiger partial charge in [-0.3, -0.25) is 9.44 Å². The van der Waals surface area contributed by atoms with E-state index in [1.54, 1.807) is 30.3 Å². The maximum Gasteiger partial charge on any atom is 0.573 e. The molecule has 0 saturated carbocycles. The minimum atomic E-state index is -4.95. The maximum absolute atomic E-state index is 13.1. The number of ether oxygens (including phenoxy) is 1. The molecule has 0 aliphatic rings. The van der Waals surface area contributed by atoms with Crippen LogP contribution in [-0.2, 0) is 20.0 Å². The largest absolute Gasteiger partial charge is 0.573 e. The topological polar surface area (TPSA) is 102 Å². The van der Waals surface area contributed by atoms with Gasteiger partial charge >= 0.3 is 6.36 Å². The van der Waals surface area contributed by atoms with E-state index in [4.69, 9.17) is 23.2 Å². The third-order valence-electron chi connectivity index (χ3n) is 4.87. The predicted molar refractivity (Wildman–Crippen MR) is 141 cm³/mol. The Morgan fingerprint density at radius 3 is 2.03 bits per heavy atom. The Kier molecular flexibility index (Phi) is 7.86. The van der Waals surface area contributed by atoms with Crippen molar-refractivity contribution in [2.75, 3.05) is 9.44 Å². The molecule has 200 valence electrons. The molecule has 3 aromatic carbocycles. The van der Waals surface area contributed by atoms with Gasteiger partial charge in [0, 0.05) is 10.6 Å². The van der Waals surface area contributed by atoms with E-state index in [9.17, 15) is 30.0 Å². The highest BCUT2D eigenvalue weighted by Gasteiger charge is 2.31. The van der Waals surface area contributed by atoms with Crippen LogP contribution in [0.4, 0.5) is 24.5 Å². The van der Waals surface area contributed by atoms with Gasteiger partial charge in [0.25, 0.3) is 20.0 Å². The van der Waals surface area contributed by atoms with Crippen LogP contribution in [0.3, 0.4) is 0 Å². The van der Waals surface area contributed by atoms with E-state index in [1.807, 2.05) is 0 Å². The number of benzene rings is 3. The molecule has 0 amide bonds. The number of anilines is 2. The van der Waals surface area contributed by atoms with E-state index >= 15 is 0 Å². The van der Waals surface area contributed by atoms with E-state index in [0.29, 0.717) is 16.1 Å². The molecule has 0 unspecified atom stereocenters. The van der Waals surface area contributed by atoms with Crippen molar-refractivity contribution < 1.29 is 34.7 Å². The number of halogens is 5. The zero-order valence-electron chi connectivity index (χ0n) is 18.7. The molecule has 0 spiro atoms. The summed E-state index contributed by atoms with van der Waals surface area (Å²) in [6.45, 7) is 0. The van der Waals surface area contributed by atoms with Gasteiger partial charge in [-0.2, -0.15) is 0 Å². The molecule has 0 saturated heterocycles. The Labute approximate surface area is 229 Å². The highest BCUT2D eigenvalue weighted by Crippen LogP contribution is 2.36. The summed E-state index contributed by atoms with van der Waals surface area (Å²) in [6.07, 6.45) is -4.95. The first-order valence-electron chi connectivity index (χ1n) is 10.3. The second-order valence-electron chi connectivity index (χ2n) is 7.53. The molecule has 0 bridgehead atoms. The van der Waals surface area contributed by atoms with Crippen LogP contribution in [0.25, 0.3) is 11.1 Å². The molecule has 1 heterocycles. The van der Waals surface area contributed by atoms with Crippen LogP contribution >= 0.6 is 34.5 Å². The van der Waals surface area contributed by atoms with Crippen molar-refractivity contribution in [3.63, 3.8) is 0 Å². The lowest BCUT2D eigenvalue weighted by molar-refractivity contribution is -0.274. The average molecular weight is 623 g/mol. The van der Waals surface area contributed by atoms with Crippen molar-refractivity contribution in [1.82, 2.24) is 0 Å². The Balaban J connectivity index is 1.73. The van der Waals surface area contributed by atoms with Crippen LogP contribution in [0.1, 0.15) is 0 Å². The van der Waals surface area contributed by atoms with Crippen LogP contribution in [0.5, 0.6) is 5.75 Å². The molecule has 4 rings (SSSR count). The molecule has 38 heavy (non-hydrogen) atoms. The van der Waals surface area contributed by atoms with Gasteiger partial charge in [0.2, 0.25) is 0 Å². The van der Waals surface area contributed by atoms with Gasteiger partial charge < -0.3 is 4.74 Å². The first-order valence-corrected chi connectivity index (χ1v) is 14.8. The Morgan fingerprint density at radius 1 is 0.763 bits per heavy atom. The van der Waals surface area contributed by atoms with Gasteiger partial charge in [-0.05, 0) is 60.2 Å². The second-order valence-corrected chi connectivity index (χ2v) is 13.2. The van der Waals surface area contributed by atoms with Gasteiger partial charge in [-0.1, -0.05) is 47.5 Å². The number of rotatable bonds is 8. The highest BCUT2D eigenvalue weighted by atomic mass is 35.5. The monoisotopic (exact) mass is 622 g/mol. The van der Waals surface area contributed by atoms with E-state index in [2.05, 4.69) is 14.2 Å². The summed E-state index contributed by atoms with van der Waals surface area (Å²) in [5.74, 6) is -0.611. The minimum Gasteiger partial charge on any atom is -0.406 e. The lowest BCUT2D eigenvalue weighted by Crippen LogP contribution is -2.18. The summed E-state index contributed by atoms with van der Waals surface area (Å²) in [5, 5.41) is 0.364. The van der Waals surface area contributed by atoms with Gasteiger partial charge in [0.15, 0.2) is 0 Å². The molecule has 0 aliphatic heterocycles. The zero-order chi connectivity index (χ0) is 27.7. The fourth-order valence-corrected chi connectivity index (χ4v) is 7.12. The first kappa shape index (κ1) is 28.0. The van der Waals surface area contributed by atoms with Crippen molar-refractivity contribution in [3.05, 3.63) is 88.2 Å². The summed E-state index contributed by atoms with van der Waals surface area (Å²) in [6, 6.07) is 17.2. The molecule has 4 aromatic rings. The average Bonchev–Trinajstić information content (AvgIpc) is 3.27. The summed E-state index contributed by atoms with van der Waals surface area (Å²) in [4.78, 5) is -0.394. The molecule has 0 fully saturated rings. The number of hydrogen-bond donors (Lipinski definition) is 2. The van der Waals surface area contributed by atoms with Crippen molar-refractivity contribution in [1.29, 1.82) is 0 Å². The van der Waals surface area contributed by atoms with E-state index in [1.165, 1.54) is 24.3 Å². The third-order valence-corrected chi connectivity index (χ3v) is 9.67. The van der Waals surface area contributed by atoms with Gasteiger partial charge in [-0.15, -0.1) is 24.5 Å². The van der Waals surface area contributed by atoms with Crippen LogP contribution in [-0.4, -0.2) is 23.2 Å². The number of hydrogen-bond acceptors (Lipinski definition) is 6. The molecule has 0 radical (unpaired) electrons. The Bertz CT molecular complexity index is 1690. The van der Waals surface area contributed by atoms with Crippen LogP contribution in [0.2, 0.25) is 9.36 Å². The second kappa shape index (κ2) is 10.7. The molecule has 0 aliphatic carbocycles. The summed E-state index contributed by atoms with van der Waals surface area (Å²) < 4.78 is 97.9. The highest BCUT2D eigenvalue weighted by molar-refractivity contribution is 7.94. The van der Waals surface area contributed by atoms with Crippen molar-refractivity contribution in [2.24, 2.45) is 0 Å². The van der Waals surface area contributed by atoms with E-state index < -0.39 is 37.1 Å². The lowest BCUT2D eigenvalue weighted by atomic mass is 10.0. The molecule has 1 aromatic heterocycles. The smallest absolute Gasteiger partial charge is 0.406 e. The standard InChI is InChI=1S/C23H15Cl2F3N2O5S3/c24-18-4-2-1-3-17(18)14-5-10-19(29-38(33,34)22-12-11-21(25)36-22)20(13-14)30-37(31,32)16-8-6-15(7-9-16)35-23(26,27)28/h1-13,29-30H. The molecule has 7 nitrogen and oxygen atoms in total. The fraction of sp³-hybridized carbons (Fsp3) is 0.0435. The normalized spacial score (nSPS) is 12.2. The molecule has 15 heteroatoms. The molecule has 2 N–H and O–H groups in total. The Hall–Kier alpha value is -2.97. The number of sulfonamides is 2. The quantitative estimate of drug-likeness (QED) is 0.216. The van der Waals surface area contributed by atoms with Crippen LogP contribution in [0, 0.1) is 0 Å². The third kappa shape index (κ3) is 6.72. The van der Waals surface area contributed by atoms with Crippen molar-refractivity contribution in [3.8, 4) is 16.9 Å². The van der Waals surface area contributed by atoms with E-state index in [-0.39, 0.29) is 19.9 Å². The summed E-state index contributed by atoms with van der Waals surface area (Å²) in [7, 11) is -8.54. The lowest BCUT2D eigenvalue weighted by Gasteiger charge is -2.16. The van der Waals surface area contributed by atoms with Crippen molar-refractivity contribution in [2.45, 2.75) is 15.5 Å². The van der Waals surface area contributed by atoms with Crippen LogP contribution < -0.4 is 14.2 Å². The SMILES string of the molecule is O=S(=O)(Nc1cc(-c2ccccc2Cl)ccc1NS(=O)(=O)c1ccc(Cl)s1)c1ccc(OC(F)(F)F)cc1. The van der Waals surface area contributed by atoms with E-state index in [0.717, 1.165) is 35.6 Å². The van der Waals surface area contributed by atoms with Gasteiger partial charge in [0.05, 0.1) is 20.6 Å². The molecule has 0 atom stereocenters. The molecular formula is C23H15Cl2F3N2O5S3. The number of alkyl halides is 3. The minimum absolute atomic E-state index is 0.105. The summed E-state index contributed by atoms with van der Waals surface area (Å²) in [5.41, 5.74) is 0.724. The predicted octanol–water partition coefficient (Wildman–Crippen LogP) is 7.22. The van der Waals surface area contributed by atoms with Crippen LogP contribution in [0.15, 0.2) is 88.0 Å². The fourth-order valence-electron chi connectivity index (χ4n) is 3.24. The molecular weight excluding hydrogens is 608 g/mol. The van der Waals surface area contributed by atoms with Gasteiger partial charge in [-0.25, -0.2) is 16.8 Å². The zero-order valence-corrected chi connectivity index (χ0v) is 22.6. The summed E-state index contributed by atoms with van der Waals surface area (Å²) >= 11 is 12.9.